The van der Waals surface area contributed by atoms with Crippen LogP contribution in [0, 0.1) is 11.3 Å². The fraction of sp³-hybridized carbons (Fsp3) is 0. The highest BCUT2D eigenvalue weighted by Gasteiger charge is 1.85. The summed E-state index contributed by atoms with van der Waals surface area (Å²) in [7, 11) is 0. The molecule has 0 spiro atoms. The summed E-state index contributed by atoms with van der Waals surface area (Å²) in [5.74, 6) is 0. The zero-order valence-corrected chi connectivity index (χ0v) is 8.44. The number of carboxylic acid groups (broad SMARTS) is 4. The van der Waals surface area contributed by atoms with E-state index in [9.17, 15) is 0 Å². The van der Waals surface area contributed by atoms with E-state index in [4.69, 9.17) is 41.0 Å². The van der Waals surface area contributed by atoms with Gasteiger partial charge >= 0.3 is 12.3 Å². The summed E-state index contributed by atoms with van der Waals surface area (Å²) in [4.78, 5) is 17.1. The van der Waals surface area contributed by atoms with E-state index in [1.807, 2.05) is 6.07 Å². The predicted octanol–water partition coefficient (Wildman–Crippen LogP) is 1.59. The highest BCUT2D eigenvalue weighted by molar-refractivity contribution is 5.53. The van der Waals surface area contributed by atoms with Crippen LogP contribution in [0.3, 0.4) is 0 Å². The van der Waals surface area contributed by atoms with Gasteiger partial charge in [-0.3, -0.25) is 0 Å². The summed E-state index contributed by atoms with van der Waals surface area (Å²) >= 11 is 0. The lowest BCUT2D eigenvalue weighted by atomic mass is 10.2. The van der Waals surface area contributed by atoms with Crippen molar-refractivity contribution in [2.24, 2.45) is 0 Å². The third-order valence-electron chi connectivity index (χ3n) is 1.04. The van der Waals surface area contributed by atoms with Crippen molar-refractivity contribution < 1.29 is 30.0 Å². The second-order valence-electron chi connectivity index (χ2n) is 2.30. The number of benzene rings is 1. The molecule has 1 rings (SSSR count). The number of carbonyl (C=O) groups is 2. The monoisotopic (exact) mass is 242 g/mol. The van der Waals surface area contributed by atoms with Crippen LogP contribution in [0.15, 0.2) is 24.3 Å². The molecule has 8 heteroatoms. The van der Waals surface area contributed by atoms with Gasteiger partial charge in [-0.05, 0) is 24.3 Å². The first-order chi connectivity index (χ1) is 7.79. The largest absolute Gasteiger partial charge is 0.503 e. The molecule has 1 aromatic carbocycles. The summed E-state index contributed by atoms with van der Waals surface area (Å²) < 4.78 is 0. The second-order valence-corrected chi connectivity index (χ2v) is 2.30. The molecule has 0 atom stereocenters. The Kier molecular flexibility index (Phi) is 9.30. The van der Waals surface area contributed by atoms with Crippen LogP contribution in [0.1, 0.15) is 5.56 Å². The minimum Gasteiger partial charge on any atom is -0.450 e. The quantitative estimate of drug-likeness (QED) is 0.427. The van der Waals surface area contributed by atoms with Crippen molar-refractivity contribution in [2.75, 3.05) is 5.73 Å². The van der Waals surface area contributed by atoms with Gasteiger partial charge in [0.15, 0.2) is 0 Å². The van der Waals surface area contributed by atoms with Gasteiger partial charge < -0.3 is 26.2 Å². The molecular weight excluding hydrogens is 232 g/mol. The topological polar surface area (TPSA) is 165 Å². The van der Waals surface area contributed by atoms with E-state index >= 15 is 0 Å². The highest BCUT2D eigenvalue weighted by atomic mass is 16.6. The lowest BCUT2D eigenvalue weighted by Crippen LogP contribution is -1.82. The number of hydrogen-bond donors (Lipinski definition) is 5. The maximum Gasteiger partial charge on any atom is 0.503 e. The number of nitrogen functional groups attached to an aromatic ring is 1. The van der Waals surface area contributed by atoms with Crippen molar-refractivity contribution in [1.29, 1.82) is 5.26 Å². The molecular formula is C9H10N2O6. The van der Waals surface area contributed by atoms with Gasteiger partial charge in [0.1, 0.15) is 0 Å². The molecule has 92 valence electrons. The third kappa shape index (κ3) is 19.5. The molecule has 17 heavy (non-hydrogen) atoms. The van der Waals surface area contributed by atoms with Crippen LogP contribution in [-0.4, -0.2) is 32.7 Å². The Labute approximate surface area is 95.8 Å². The van der Waals surface area contributed by atoms with E-state index in [-0.39, 0.29) is 0 Å². The number of nitrogens with two attached hydrogens (primary N) is 1. The van der Waals surface area contributed by atoms with Crippen molar-refractivity contribution in [3.63, 3.8) is 0 Å². The van der Waals surface area contributed by atoms with Gasteiger partial charge in [-0.25, -0.2) is 9.59 Å². The van der Waals surface area contributed by atoms with Gasteiger partial charge in [0.05, 0.1) is 11.6 Å². The molecule has 0 saturated carbocycles. The first-order valence-corrected chi connectivity index (χ1v) is 3.89. The van der Waals surface area contributed by atoms with Crippen LogP contribution >= 0.6 is 0 Å². The lowest BCUT2D eigenvalue weighted by Gasteiger charge is -1.88. The molecule has 0 aliphatic heterocycles. The molecule has 6 N–H and O–H groups in total. The van der Waals surface area contributed by atoms with E-state index in [0.29, 0.717) is 11.3 Å². The van der Waals surface area contributed by atoms with E-state index < -0.39 is 12.3 Å². The number of anilines is 1. The molecule has 0 bridgehead atoms. The average molecular weight is 242 g/mol. The summed E-state index contributed by atoms with van der Waals surface area (Å²) in [5.41, 5.74) is 6.70. The Balaban J connectivity index is 0. The first-order valence-electron chi connectivity index (χ1n) is 3.89. The first kappa shape index (κ1) is 16.5. The number of rotatable bonds is 0. The average Bonchev–Trinajstić information content (AvgIpc) is 2.17. The molecule has 0 unspecified atom stereocenters. The number of nitrogens with zero attached hydrogens (tertiary/aromatic N) is 1. The molecule has 8 nitrogen and oxygen atoms in total. The minimum atomic E-state index is -1.83. The standard InChI is InChI=1S/C7H6N2.2CH2O3/c8-5-6-1-3-7(9)4-2-6;2*2-1(3)4/h1-4H,9H2;2*(H2,2,3,4). The molecule has 0 aromatic heterocycles. The van der Waals surface area contributed by atoms with Crippen molar-refractivity contribution in [3.05, 3.63) is 29.8 Å². The number of nitriles is 1. The van der Waals surface area contributed by atoms with Gasteiger partial charge in [-0.2, -0.15) is 5.26 Å². The normalized spacial score (nSPS) is 7.24. The SMILES string of the molecule is N#Cc1ccc(N)cc1.O=C(O)O.O=C(O)O. The van der Waals surface area contributed by atoms with Crippen molar-refractivity contribution >= 4 is 18.0 Å². The molecule has 1 aromatic rings. The maximum atomic E-state index is 8.56. The van der Waals surface area contributed by atoms with Crippen molar-refractivity contribution in [3.8, 4) is 6.07 Å². The zero-order chi connectivity index (χ0) is 13.8. The van der Waals surface area contributed by atoms with Gasteiger partial charge in [-0.1, -0.05) is 0 Å². The minimum absolute atomic E-state index is 0.643. The smallest absolute Gasteiger partial charge is 0.450 e. The van der Waals surface area contributed by atoms with Crippen LogP contribution in [0.4, 0.5) is 15.3 Å². The van der Waals surface area contributed by atoms with Crippen LogP contribution in [0.2, 0.25) is 0 Å². The van der Waals surface area contributed by atoms with E-state index in [1.54, 1.807) is 24.3 Å². The fourth-order valence-corrected chi connectivity index (χ4v) is 0.558. The van der Waals surface area contributed by atoms with Crippen LogP contribution < -0.4 is 5.73 Å². The Hall–Kier alpha value is -2.95. The Morgan fingerprint density at radius 3 is 1.53 bits per heavy atom. The number of hydrogen-bond acceptors (Lipinski definition) is 4. The summed E-state index contributed by atoms with van der Waals surface area (Å²) in [6.45, 7) is 0. The van der Waals surface area contributed by atoms with E-state index in [2.05, 4.69) is 0 Å². The summed E-state index contributed by atoms with van der Waals surface area (Å²) in [6.07, 6.45) is -3.67. The molecule has 0 saturated heterocycles. The van der Waals surface area contributed by atoms with Crippen molar-refractivity contribution in [1.82, 2.24) is 0 Å². The molecule has 0 aliphatic carbocycles. The second kappa shape index (κ2) is 9.60. The third-order valence-corrected chi connectivity index (χ3v) is 1.04. The predicted molar refractivity (Wildman–Crippen MR) is 56.9 cm³/mol. The molecule has 0 radical (unpaired) electrons. The van der Waals surface area contributed by atoms with Crippen molar-refractivity contribution in [2.45, 2.75) is 0 Å². The Morgan fingerprint density at radius 1 is 1.00 bits per heavy atom. The Bertz CT molecular complexity index is 375. The fourth-order valence-electron chi connectivity index (χ4n) is 0.558. The van der Waals surface area contributed by atoms with Gasteiger partial charge in [0.25, 0.3) is 0 Å². The molecule has 0 heterocycles. The van der Waals surface area contributed by atoms with Crippen LogP contribution in [0.5, 0.6) is 0 Å². The summed E-state index contributed by atoms with van der Waals surface area (Å²) in [5, 5.41) is 36.2. The zero-order valence-electron chi connectivity index (χ0n) is 8.44. The van der Waals surface area contributed by atoms with Crippen LogP contribution in [-0.2, 0) is 0 Å². The maximum absolute atomic E-state index is 8.56. The van der Waals surface area contributed by atoms with E-state index in [1.165, 1.54) is 0 Å². The van der Waals surface area contributed by atoms with Crippen LogP contribution in [0.25, 0.3) is 0 Å². The lowest BCUT2D eigenvalue weighted by molar-refractivity contribution is 0.135. The Morgan fingerprint density at radius 2 is 1.29 bits per heavy atom. The van der Waals surface area contributed by atoms with Gasteiger partial charge in [-0.15, -0.1) is 0 Å². The summed E-state index contributed by atoms with van der Waals surface area (Å²) in [6, 6.07) is 8.79. The van der Waals surface area contributed by atoms with E-state index in [0.717, 1.165) is 0 Å². The van der Waals surface area contributed by atoms with Gasteiger partial charge in [0.2, 0.25) is 0 Å². The highest BCUT2D eigenvalue weighted by Crippen LogP contribution is 2.02. The molecule has 0 aliphatic rings. The molecule has 0 amide bonds. The van der Waals surface area contributed by atoms with Gasteiger partial charge in [0, 0.05) is 5.69 Å². The molecule has 0 fully saturated rings.